The highest BCUT2D eigenvalue weighted by Crippen LogP contribution is 2.14. The second kappa shape index (κ2) is 5.26. The van der Waals surface area contributed by atoms with Gasteiger partial charge < -0.3 is 5.11 Å². The second-order valence-corrected chi connectivity index (χ2v) is 2.39. The van der Waals surface area contributed by atoms with Gasteiger partial charge in [0.2, 0.25) is 5.78 Å². The van der Waals surface area contributed by atoms with Crippen LogP contribution < -0.4 is 0 Å². The van der Waals surface area contributed by atoms with Gasteiger partial charge in [0.15, 0.2) is 0 Å². The molecule has 0 saturated heterocycles. The summed E-state index contributed by atoms with van der Waals surface area (Å²) >= 11 is 0. The smallest absolute Gasteiger partial charge is 0.449 e. The van der Waals surface area contributed by atoms with Crippen LogP contribution in [0.2, 0.25) is 0 Å². The Labute approximate surface area is 79.0 Å². The molecule has 0 saturated carbocycles. The van der Waals surface area contributed by atoms with E-state index in [0.717, 1.165) is 0 Å². The van der Waals surface area contributed by atoms with Gasteiger partial charge in [0, 0.05) is 6.92 Å². The van der Waals surface area contributed by atoms with E-state index in [2.05, 4.69) is 0 Å². The summed E-state index contributed by atoms with van der Waals surface area (Å²) in [6.07, 6.45) is -4.64. The van der Waals surface area contributed by atoms with Crippen LogP contribution in [0.1, 0.15) is 6.92 Å². The van der Waals surface area contributed by atoms with Crippen LogP contribution in [0.4, 0.5) is 13.2 Å². The van der Waals surface area contributed by atoms with Crippen molar-refractivity contribution in [3.8, 4) is 5.75 Å². The largest absolute Gasteiger partial charge is 0.508 e. The Morgan fingerprint density at radius 1 is 1.21 bits per heavy atom. The van der Waals surface area contributed by atoms with Gasteiger partial charge in [0.1, 0.15) is 5.75 Å². The number of aromatic hydroxyl groups is 1. The maximum atomic E-state index is 10.8. The predicted octanol–water partition coefficient (Wildman–Crippen LogP) is 2.53. The first-order valence-corrected chi connectivity index (χ1v) is 3.66. The number of ketones is 1. The van der Waals surface area contributed by atoms with E-state index in [1.54, 1.807) is 24.3 Å². The molecule has 0 spiro atoms. The third kappa shape index (κ3) is 6.05. The minimum absolute atomic E-state index is 0.322. The Hall–Kier alpha value is -1.52. The maximum Gasteiger partial charge on any atom is 0.449 e. The van der Waals surface area contributed by atoms with Crippen molar-refractivity contribution in [2.75, 3.05) is 0 Å². The summed E-state index contributed by atoms with van der Waals surface area (Å²) in [4.78, 5) is 9.34. The van der Waals surface area contributed by atoms with E-state index < -0.39 is 12.0 Å². The summed E-state index contributed by atoms with van der Waals surface area (Å²) in [5, 5.41) is 8.63. The van der Waals surface area contributed by atoms with E-state index in [1.165, 1.54) is 0 Å². The molecule has 0 atom stereocenters. The van der Waals surface area contributed by atoms with Crippen LogP contribution in [0.15, 0.2) is 30.3 Å². The first-order chi connectivity index (χ1) is 6.34. The topological polar surface area (TPSA) is 37.3 Å². The van der Waals surface area contributed by atoms with Crippen molar-refractivity contribution in [2.45, 2.75) is 13.1 Å². The third-order valence-corrected chi connectivity index (χ3v) is 1.16. The SMILES string of the molecule is CC(=O)C(F)(F)F.Oc1ccccc1. The number of benzene rings is 1. The Morgan fingerprint density at radius 2 is 1.57 bits per heavy atom. The van der Waals surface area contributed by atoms with Gasteiger partial charge in [-0.25, -0.2) is 0 Å². The first-order valence-electron chi connectivity index (χ1n) is 3.66. The first kappa shape index (κ1) is 12.5. The number of hydrogen-bond acceptors (Lipinski definition) is 2. The van der Waals surface area contributed by atoms with E-state index in [-0.39, 0.29) is 0 Å². The number of phenolic OH excluding ortho intramolecular Hbond substituents is 1. The molecule has 0 aliphatic carbocycles. The zero-order chi connectivity index (χ0) is 11.2. The van der Waals surface area contributed by atoms with Crippen LogP contribution >= 0.6 is 0 Å². The number of para-hydroxylation sites is 1. The minimum Gasteiger partial charge on any atom is -0.508 e. The van der Waals surface area contributed by atoms with Crippen molar-refractivity contribution in [3.05, 3.63) is 30.3 Å². The van der Waals surface area contributed by atoms with Crippen LogP contribution in [-0.2, 0) is 4.79 Å². The van der Waals surface area contributed by atoms with Crippen molar-refractivity contribution in [1.82, 2.24) is 0 Å². The number of phenols is 1. The quantitative estimate of drug-likeness (QED) is 0.708. The van der Waals surface area contributed by atoms with E-state index in [4.69, 9.17) is 5.11 Å². The average Bonchev–Trinajstić information content (AvgIpc) is 2.04. The number of rotatable bonds is 0. The molecule has 0 radical (unpaired) electrons. The summed E-state index contributed by atoms with van der Waals surface area (Å²) in [6, 6.07) is 8.71. The fraction of sp³-hybridized carbons (Fsp3) is 0.222. The highest BCUT2D eigenvalue weighted by Gasteiger charge is 2.33. The summed E-state index contributed by atoms with van der Waals surface area (Å²) in [6.45, 7) is 0.486. The van der Waals surface area contributed by atoms with Crippen LogP contribution in [-0.4, -0.2) is 17.1 Å². The highest BCUT2D eigenvalue weighted by molar-refractivity contribution is 5.81. The van der Waals surface area contributed by atoms with Gasteiger partial charge in [0.05, 0.1) is 0 Å². The van der Waals surface area contributed by atoms with Gasteiger partial charge >= 0.3 is 6.18 Å². The van der Waals surface area contributed by atoms with Crippen molar-refractivity contribution in [3.63, 3.8) is 0 Å². The minimum atomic E-state index is -4.64. The molecule has 1 rings (SSSR count). The molecule has 0 unspecified atom stereocenters. The van der Waals surface area contributed by atoms with Gasteiger partial charge in [-0.15, -0.1) is 0 Å². The van der Waals surface area contributed by atoms with Crippen LogP contribution in [0.3, 0.4) is 0 Å². The fourth-order valence-corrected chi connectivity index (χ4v) is 0.428. The lowest BCUT2D eigenvalue weighted by Crippen LogP contribution is -2.18. The normalized spacial score (nSPS) is 10.0. The van der Waals surface area contributed by atoms with Gasteiger partial charge in [-0.2, -0.15) is 13.2 Å². The van der Waals surface area contributed by atoms with Crippen molar-refractivity contribution >= 4 is 5.78 Å². The lowest BCUT2D eigenvalue weighted by atomic mass is 10.3. The van der Waals surface area contributed by atoms with E-state index in [1.807, 2.05) is 6.07 Å². The van der Waals surface area contributed by atoms with E-state index in [0.29, 0.717) is 12.7 Å². The summed E-state index contributed by atoms with van der Waals surface area (Å²) < 4.78 is 32.5. The molecule has 0 heterocycles. The molecule has 0 aliphatic heterocycles. The third-order valence-electron chi connectivity index (χ3n) is 1.16. The Kier molecular flexibility index (Phi) is 4.69. The molecule has 0 amide bonds. The molecule has 1 N–H and O–H groups in total. The fourth-order valence-electron chi connectivity index (χ4n) is 0.428. The number of halogens is 3. The molecule has 2 nitrogen and oxygen atoms in total. The van der Waals surface area contributed by atoms with Gasteiger partial charge in [0.25, 0.3) is 0 Å². The lowest BCUT2D eigenvalue weighted by Gasteiger charge is -1.95. The lowest BCUT2D eigenvalue weighted by molar-refractivity contribution is -0.168. The Bertz CT molecular complexity index is 280. The van der Waals surface area contributed by atoms with Gasteiger partial charge in [-0.1, -0.05) is 18.2 Å². The molecule has 1 aromatic carbocycles. The molecular formula is C9H9F3O2. The molecular weight excluding hydrogens is 197 g/mol. The zero-order valence-corrected chi connectivity index (χ0v) is 7.38. The number of carbonyl (C=O) groups excluding carboxylic acids is 1. The van der Waals surface area contributed by atoms with E-state index in [9.17, 15) is 18.0 Å². The highest BCUT2D eigenvalue weighted by atomic mass is 19.4. The number of alkyl halides is 3. The van der Waals surface area contributed by atoms with Crippen LogP contribution in [0.5, 0.6) is 5.75 Å². The standard InChI is InChI=1S/C6H6O.C3H3F3O/c7-6-4-2-1-3-5-6;1-2(7)3(4,5)6/h1-5,7H;1H3. The molecule has 5 heteroatoms. The Balaban J connectivity index is 0.000000241. The molecule has 0 aromatic heterocycles. The predicted molar refractivity (Wildman–Crippen MR) is 44.8 cm³/mol. The molecule has 0 bridgehead atoms. The van der Waals surface area contributed by atoms with Crippen molar-refractivity contribution < 1.29 is 23.1 Å². The number of Topliss-reactive ketones (excluding diaryl/α,β-unsaturated/α-hetero) is 1. The van der Waals surface area contributed by atoms with Gasteiger partial charge in [-0.3, -0.25) is 4.79 Å². The Morgan fingerprint density at radius 3 is 1.71 bits per heavy atom. The second-order valence-electron chi connectivity index (χ2n) is 2.39. The maximum absolute atomic E-state index is 10.8. The molecule has 14 heavy (non-hydrogen) atoms. The summed E-state index contributed by atoms with van der Waals surface area (Å²) in [5.41, 5.74) is 0. The molecule has 78 valence electrons. The van der Waals surface area contributed by atoms with Crippen molar-refractivity contribution in [2.24, 2.45) is 0 Å². The monoisotopic (exact) mass is 206 g/mol. The van der Waals surface area contributed by atoms with Crippen molar-refractivity contribution in [1.29, 1.82) is 0 Å². The summed E-state index contributed by atoms with van der Waals surface area (Å²) in [7, 11) is 0. The average molecular weight is 206 g/mol. The number of hydrogen-bond donors (Lipinski definition) is 1. The molecule has 0 aliphatic rings. The van der Waals surface area contributed by atoms with E-state index >= 15 is 0 Å². The molecule has 0 fully saturated rings. The van der Waals surface area contributed by atoms with Crippen LogP contribution in [0.25, 0.3) is 0 Å². The van der Waals surface area contributed by atoms with Crippen LogP contribution in [0, 0.1) is 0 Å². The van der Waals surface area contributed by atoms with Gasteiger partial charge in [-0.05, 0) is 12.1 Å². The molecule has 1 aromatic rings. The summed E-state index contributed by atoms with van der Waals surface area (Å²) in [5.74, 6) is -1.44. The number of carbonyl (C=O) groups is 1. The zero-order valence-electron chi connectivity index (χ0n) is 7.38.